The Morgan fingerprint density at radius 1 is 1.32 bits per heavy atom. The molecule has 0 aliphatic carbocycles. The van der Waals surface area contributed by atoms with Gasteiger partial charge in [0.25, 0.3) is 0 Å². The summed E-state index contributed by atoms with van der Waals surface area (Å²) in [7, 11) is 1.43. The van der Waals surface area contributed by atoms with Crippen LogP contribution in [-0.4, -0.2) is 44.2 Å². The van der Waals surface area contributed by atoms with Crippen LogP contribution in [0.1, 0.15) is 18.0 Å². The van der Waals surface area contributed by atoms with Gasteiger partial charge < -0.3 is 10.1 Å². The van der Waals surface area contributed by atoms with Crippen LogP contribution in [0, 0.1) is 0 Å². The first-order chi connectivity index (χ1) is 9.22. The molecular weight excluding hydrogens is 264 g/mol. The predicted molar refractivity (Wildman–Crippen MR) is 75.3 cm³/mol. The molecule has 1 aliphatic heterocycles. The SMILES string of the molecule is COC(=O)C(c1ccc(Cl)cc1)N1CCCNCC1. The van der Waals surface area contributed by atoms with E-state index in [0.29, 0.717) is 5.02 Å². The molecule has 0 saturated carbocycles. The lowest BCUT2D eigenvalue weighted by molar-refractivity contribution is -0.147. The van der Waals surface area contributed by atoms with Crippen molar-refractivity contribution in [1.82, 2.24) is 10.2 Å². The monoisotopic (exact) mass is 282 g/mol. The minimum absolute atomic E-state index is 0.218. The molecule has 0 amide bonds. The molecule has 1 fully saturated rings. The van der Waals surface area contributed by atoms with E-state index in [9.17, 15) is 4.79 Å². The number of methoxy groups -OCH3 is 1. The minimum atomic E-state index is -0.345. The van der Waals surface area contributed by atoms with Crippen LogP contribution in [0.3, 0.4) is 0 Å². The van der Waals surface area contributed by atoms with Gasteiger partial charge in [-0.15, -0.1) is 0 Å². The van der Waals surface area contributed by atoms with E-state index in [4.69, 9.17) is 16.3 Å². The van der Waals surface area contributed by atoms with Crippen LogP contribution in [0.2, 0.25) is 5.02 Å². The molecule has 4 nitrogen and oxygen atoms in total. The highest BCUT2D eigenvalue weighted by atomic mass is 35.5. The van der Waals surface area contributed by atoms with E-state index >= 15 is 0 Å². The molecule has 1 saturated heterocycles. The van der Waals surface area contributed by atoms with Crippen molar-refractivity contribution >= 4 is 17.6 Å². The first-order valence-corrected chi connectivity index (χ1v) is 6.88. The summed E-state index contributed by atoms with van der Waals surface area (Å²) >= 11 is 5.90. The Morgan fingerprint density at radius 2 is 2.05 bits per heavy atom. The van der Waals surface area contributed by atoms with Crippen molar-refractivity contribution in [2.45, 2.75) is 12.5 Å². The van der Waals surface area contributed by atoms with Crippen LogP contribution in [0.25, 0.3) is 0 Å². The van der Waals surface area contributed by atoms with Crippen LogP contribution in [0.15, 0.2) is 24.3 Å². The number of benzene rings is 1. The van der Waals surface area contributed by atoms with Crippen molar-refractivity contribution in [2.75, 3.05) is 33.3 Å². The van der Waals surface area contributed by atoms with E-state index in [1.54, 1.807) is 0 Å². The van der Waals surface area contributed by atoms with Gasteiger partial charge in [-0.05, 0) is 30.7 Å². The molecule has 19 heavy (non-hydrogen) atoms. The highest BCUT2D eigenvalue weighted by Gasteiger charge is 2.28. The molecule has 0 bridgehead atoms. The summed E-state index contributed by atoms with van der Waals surface area (Å²) in [5.41, 5.74) is 0.929. The number of hydrogen-bond acceptors (Lipinski definition) is 4. The number of nitrogens with one attached hydrogen (secondary N) is 1. The molecule has 2 rings (SSSR count). The second kappa shape index (κ2) is 6.89. The molecule has 1 aliphatic rings. The van der Waals surface area contributed by atoms with Gasteiger partial charge in [-0.25, -0.2) is 4.79 Å². The van der Waals surface area contributed by atoms with Crippen molar-refractivity contribution in [3.8, 4) is 0 Å². The second-order valence-electron chi connectivity index (χ2n) is 4.62. The van der Waals surface area contributed by atoms with Gasteiger partial charge in [-0.1, -0.05) is 23.7 Å². The lowest BCUT2D eigenvalue weighted by Gasteiger charge is -2.28. The Balaban J connectivity index is 2.24. The molecule has 0 radical (unpaired) electrons. The number of ether oxygens (including phenoxy) is 1. The Morgan fingerprint density at radius 3 is 2.74 bits per heavy atom. The molecular formula is C14H19ClN2O2. The van der Waals surface area contributed by atoms with Gasteiger partial charge >= 0.3 is 5.97 Å². The molecule has 1 aromatic carbocycles. The number of hydrogen-bond donors (Lipinski definition) is 1. The normalized spacial score (nSPS) is 18.6. The largest absolute Gasteiger partial charge is 0.468 e. The third-order valence-corrected chi connectivity index (χ3v) is 3.60. The Hall–Kier alpha value is -1.10. The molecule has 0 aromatic heterocycles. The first-order valence-electron chi connectivity index (χ1n) is 6.50. The van der Waals surface area contributed by atoms with Crippen LogP contribution in [-0.2, 0) is 9.53 Å². The first kappa shape index (κ1) is 14.3. The van der Waals surface area contributed by atoms with Crippen LogP contribution in [0.5, 0.6) is 0 Å². The van der Waals surface area contributed by atoms with Crippen molar-refractivity contribution < 1.29 is 9.53 Å². The van der Waals surface area contributed by atoms with E-state index in [-0.39, 0.29) is 12.0 Å². The maximum atomic E-state index is 12.1. The van der Waals surface area contributed by atoms with Gasteiger partial charge in [-0.3, -0.25) is 4.90 Å². The summed E-state index contributed by atoms with van der Waals surface area (Å²) in [5.74, 6) is -0.218. The molecule has 5 heteroatoms. The lowest BCUT2D eigenvalue weighted by Crippen LogP contribution is -2.37. The predicted octanol–water partition coefficient (Wildman–Crippen LogP) is 1.85. The standard InChI is InChI=1S/C14H19ClN2O2/c1-19-14(18)13(11-3-5-12(15)6-4-11)17-9-2-7-16-8-10-17/h3-6,13,16H,2,7-10H2,1H3. The third-order valence-electron chi connectivity index (χ3n) is 3.35. The van der Waals surface area contributed by atoms with Crippen molar-refractivity contribution in [3.63, 3.8) is 0 Å². The summed E-state index contributed by atoms with van der Waals surface area (Å²) in [4.78, 5) is 14.3. The van der Waals surface area contributed by atoms with E-state index in [2.05, 4.69) is 10.2 Å². The summed E-state index contributed by atoms with van der Waals surface area (Å²) in [5, 5.41) is 4.01. The molecule has 1 N–H and O–H groups in total. The molecule has 1 aromatic rings. The van der Waals surface area contributed by atoms with Gasteiger partial charge in [0, 0.05) is 24.7 Å². The highest BCUT2D eigenvalue weighted by Crippen LogP contribution is 2.24. The smallest absolute Gasteiger partial charge is 0.327 e. The second-order valence-corrected chi connectivity index (χ2v) is 5.05. The van der Waals surface area contributed by atoms with Crippen LogP contribution < -0.4 is 5.32 Å². The molecule has 0 spiro atoms. The Labute approximate surface area is 118 Å². The van der Waals surface area contributed by atoms with Crippen molar-refractivity contribution in [3.05, 3.63) is 34.9 Å². The fourth-order valence-electron chi connectivity index (χ4n) is 2.38. The van der Waals surface area contributed by atoms with E-state index < -0.39 is 0 Å². The average molecular weight is 283 g/mol. The van der Waals surface area contributed by atoms with E-state index in [1.165, 1.54) is 7.11 Å². The number of halogens is 1. The summed E-state index contributed by atoms with van der Waals surface area (Å²) in [6, 6.07) is 7.05. The molecule has 1 unspecified atom stereocenters. The number of carbonyl (C=O) groups excluding carboxylic acids is 1. The molecule has 1 atom stereocenters. The number of rotatable bonds is 3. The number of carbonyl (C=O) groups is 1. The fraction of sp³-hybridized carbons (Fsp3) is 0.500. The zero-order valence-corrected chi connectivity index (χ0v) is 11.8. The highest BCUT2D eigenvalue weighted by molar-refractivity contribution is 6.30. The van der Waals surface area contributed by atoms with E-state index in [0.717, 1.165) is 38.2 Å². The maximum Gasteiger partial charge on any atom is 0.327 e. The zero-order chi connectivity index (χ0) is 13.7. The summed E-state index contributed by atoms with van der Waals surface area (Å²) in [6.45, 7) is 3.60. The van der Waals surface area contributed by atoms with Crippen molar-refractivity contribution in [2.24, 2.45) is 0 Å². The third kappa shape index (κ3) is 3.69. The van der Waals surface area contributed by atoms with Gasteiger partial charge in [0.1, 0.15) is 6.04 Å². The summed E-state index contributed by atoms with van der Waals surface area (Å²) < 4.78 is 4.96. The average Bonchev–Trinajstić information content (AvgIpc) is 2.70. The zero-order valence-electron chi connectivity index (χ0n) is 11.1. The van der Waals surface area contributed by atoms with E-state index in [1.807, 2.05) is 24.3 Å². The molecule has 1 heterocycles. The minimum Gasteiger partial charge on any atom is -0.468 e. The summed E-state index contributed by atoms with van der Waals surface area (Å²) in [6.07, 6.45) is 1.03. The van der Waals surface area contributed by atoms with Gasteiger partial charge in [0.05, 0.1) is 7.11 Å². The Kier molecular flexibility index (Phi) is 5.19. The maximum absolute atomic E-state index is 12.1. The van der Waals surface area contributed by atoms with Crippen LogP contribution in [0.4, 0.5) is 0 Å². The van der Waals surface area contributed by atoms with Gasteiger partial charge in [-0.2, -0.15) is 0 Å². The van der Waals surface area contributed by atoms with Gasteiger partial charge in [0.2, 0.25) is 0 Å². The van der Waals surface area contributed by atoms with Gasteiger partial charge in [0.15, 0.2) is 0 Å². The quantitative estimate of drug-likeness (QED) is 0.859. The topological polar surface area (TPSA) is 41.6 Å². The molecule has 104 valence electrons. The fourth-order valence-corrected chi connectivity index (χ4v) is 2.50. The lowest BCUT2D eigenvalue weighted by atomic mass is 10.1. The number of nitrogens with zero attached hydrogens (tertiary/aromatic N) is 1. The van der Waals surface area contributed by atoms with Crippen LogP contribution >= 0.6 is 11.6 Å². The Bertz CT molecular complexity index is 414. The number of esters is 1. The van der Waals surface area contributed by atoms with Crippen molar-refractivity contribution in [1.29, 1.82) is 0 Å².